The molecular formula is C15H11BrClF2NO2. The van der Waals surface area contributed by atoms with Crippen molar-refractivity contribution < 1.29 is 18.3 Å². The average Bonchev–Trinajstić information content (AvgIpc) is 2.43. The quantitative estimate of drug-likeness (QED) is 0.790. The first kappa shape index (κ1) is 16.7. The van der Waals surface area contributed by atoms with Crippen LogP contribution >= 0.6 is 27.5 Å². The smallest absolute Gasteiger partial charge is 0.387 e. The summed E-state index contributed by atoms with van der Waals surface area (Å²) in [7, 11) is 0. The monoisotopic (exact) mass is 389 g/mol. The Morgan fingerprint density at radius 1 is 1.27 bits per heavy atom. The summed E-state index contributed by atoms with van der Waals surface area (Å²) in [4.78, 5) is 12.0. The topological polar surface area (TPSA) is 38.3 Å². The number of hydrogen-bond donors (Lipinski definition) is 1. The molecule has 1 N–H and O–H groups in total. The highest BCUT2D eigenvalue weighted by atomic mass is 79.9. The maximum absolute atomic E-state index is 12.5. The van der Waals surface area contributed by atoms with Crippen LogP contribution in [0, 0.1) is 0 Å². The lowest BCUT2D eigenvalue weighted by atomic mass is 10.1. The fraction of sp³-hybridized carbons (Fsp3) is 0.133. The molecule has 0 saturated carbocycles. The Morgan fingerprint density at radius 2 is 1.95 bits per heavy atom. The fourth-order valence-corrected chi connectivity index (χ4v) is 2.74. The van der Waals surface area contributed by atoms with Crippen molar-refractivity contribution in [1.82, 2.24) is 0 Å². The molecule has 0 fully saturated rings. The third kappa shape index (κ3) is 4.68. The number of hydrogen-bond acceptors (Lipinski definition) is 2. The van der Waals surface area contributed by atoms with Crippen LogP contribution < -0.4 is 10.1 Å². The lowest BCUT2D eigenvalue weighted by molar-refractivity contribution is -0.115. The van der Waals surface area contributed by atoms with Crippen LogP contribution in [0.1, 0.15) is 5.56 Å². The zero-order valence-corrected chi connectivity index (χ0v) is 13.5. The Morgan fingerprint density at radius 3 is 2.59 bits per heavy atom. The van der Waals surface area contributed by atoms with Crippen LogP contribution in [0.2, 0.25) is 5.02 Å². The molecule has 0 unspecified atom stereocenters. The molecule has 0 atom stereocenters. The molecule has 0 saturated heterocycles. The highest BCUT2D eigenvalue weighted by Crippen LogP contribution is 2.37. The van der Waals surface area contributed by atoms with Gasteiger partial charge in [-0.2, -0.15) is 8.78 Å². The molecule has 116 valence electrons. The van der Waals surface area contributed by atoms with Gasteiger partial charge in [0.25, 0.3) is 0 Å². The molecule has 2 rings (SSSR count). The molecule has 2 aromatic carbocycles. The molecule has 0 radical (unpaired) electrons. The van der Waals surface area contributed by atoms with Gasteiger partial charge in [-0.15, -0.1) is 0 Å². The Bertz CT molecular complexity index is 668. The van der Waals surface area contributed by atoms with E-state index in [1.54, 1.807) is 12.1 Å². The van der Waals surface area contributed by atoms with Crippen molar-refractivity contribution in [2.75, 3.05) is 5.32 Å². The third-order valence-electron chi connectivity index (χ3n) is 2.70. The van der Waals surface area contributed by atoms with Gasteiger partial charge >= 0.3 is 6.61 Å². The first-order valence-corrected chi connectivity index (χ1v) is 7.40. The average molecular weight is 391 g/mol. The molecule has 2 aromatic rings. The summed E-state index contributed by atoms with van der Waals surface area (Å²) >= 11 is 8.97. The molecule has 3 nitrogen and oxygen atoms in total. The second-order valence-corrected chi connectivity index (χ2v) is 5.64. The Hall–Kier alpha value is -1.66. The molecule has 0 spiro atoms. The van der Waals surface area contributed by atoms with E-state index < -0.39 is 6.61 Å². The largest absolute Gasteiger partial charge is 0.431 e. The predicted molar refractivity (Wildman–Crippen MR) is 84.6 cm³/mol. The fourth-order valence-electron chi connectivity index (χ4n) is 1.84. The van der Waals surface area contributed by atoms with Gasteiger partial charge in [0, 0.05) is 5.02 Å². The Kier molecular flexibility index (Phi) is 5.74. The molecule has 0 aliphatic carbocycles. The lowest BCUT2D eigenvalue weighted by Gasteiger charge is -2.14. The van der Waals surface area contributed by atoms with Gasteiger partial charge in [0.15, 0.2) is 5.75 Å². The number of rotatable bonds is 5. The standard InChI is InChI=1S/C15H11BrClF2NO2/c16-11-7-10(17)8-12(14(11)22-15(18)19)20-13(21)6-9-4-2-1-3-5-9/h1-5,7-8,15H,6H2,(H,20,21). The number of halogens is 4. The minimum Gasteiger partial charge on any atom is -0.431 e. The van der Waals surface area contributed by atoms with Crippen molar-refractivity contribution in [3.63, 3.8) is 0 Å². The van der Waals surface area contributed by atoms with Crippen molar-refractivity contribution in [3.05, 3.63) is 57.5 Å². The molecule has 0 aliphatic heterocycles. The highest BCUT2D eigenvalue weighted by molar-refractivity contribution is 9.10. The van der Waals surface area contributed by atoms with Gasteiger partial charge in [-0.05, 0) is 33.6 Å². The van der Waals surface area contributed by atoms with E-state index in [2.05, 4.69) is 26.0 Å². The number of nitrogens with one attached hydrogen (secondary N) is 1. The van der Waals surface area contributed by atoms with E-state index in [-0.39, 0.29) is 33.3 Å². The summed E-state index contributed by atoms with van der Waals surface area (Å²) in [6.07, 6.45) is 0.110. The maximum Gasteiger partial charge on any atom is 0.387 e. The number of carbonyl (C=O) groups excluding carboxylic acids is 1. The van der Waals surface area contributed by atoms with Crippen LogP contribution in [0.25, 0.3) is 0 Å². The van der Waals surface area contributed by atoms with Gasteiger partial charge in [0.1, 0.15) is 0 Å². The van der Waals surface area contributed by atoms with E-state index in [9.17, 15) is 13.6 Å². The van der Waals surface area contributed by atoms with Gasteiger partial charge < -0.3 is 10.1 Å². The third-order valence-corrected chi connectivity index (χ3v) is 3.50. The van der Waals surface area contributed by atoms with Gasteiger partial charge in [-0.3, -0.25) is 4.79 Å². The van der Waals surface area contributed by atoms with Crippen LogP contribution in [0.15, 0.2) is 46.9 Å². The molecule has 0 aromatic heterocycles. The van der Waals surface area contributed by atoms with Crippen molar-refractivity contribution in [2.45, 2.75) is 13.0 Å². The molecule has 7 heteroatoms. The van der Waals surface area contributed by atoms with Crippen molar-refractivity contribution in [2.24, 2.45) is 0 Å². The predicted octanol–water partition coefficient (Wildman–Crippen LogP) is 4.89. The zero-order chi connectivity index (χ0) is 16.1. The molecule has 0 aliphatic rings. The molecule has 0 heterocycles. The van der Waals surface area contributed by atoms with Gasteiger partial charge in [-0.1, -0.05) is 41.9 Å². The van der Waals surface area contributed by atoms with Crippen LogP contribution in [0.3, 0.4) is 0 Å². The highest BCUT2D eigenvalue weighted by Gasteiger charge is 2.17. The van der Waals surface area contributed by atoms with Crippen LogP contribution in [0.4, 0.5) is 14.5 Å². The summed E-state index contributed by atoms with van der Waals surface area (Å²) in [6, 6.07) is 11.8. The van der Waals surface area contributed by atoms with Gasteiger partial charge in [-0.25, -0.2) is 0 Å². The van der Waals surface area contributed by atoms with Crippen LogP contribution in [0.5, 0.6) is 5.75 Å². The Labute approximate surface area is 139 Å². The molecular weight excluding hydrogens is 380 g/mol. The second kappa shape index (κ2) is 7.56. The SMILES string of the molecule is O=C(Cc1ccccc1)Nc1cc(Cl)cc(Br)c1OC(F)F. The molecule has 0 bridgehead atoms. The normalized spacial score (nSPS) is 10.6. The van der Waals surface area contributed by atoms with E-state index in [0.29, 0.717) is 0 Å². The Balaban J connectivity index is 2.19. The van der Waals surface area contributed by atoms with Crippen LogP contribution in [-0.4, -0.2) is 12.5 Å². The van der Waals surface area contributed by atoms with Gasteiger partial charge in [0.05, 0.1) is 16.6 Å². The van der Waals surface area contributed by atoms with Gasteiger partial charge in [0.2, 0.25) is 5.91 Å². The molecule has 1 amide bonds. The second-order valence-electron chi connectivity index (χ2n) is 4.35. The first-order valence-electron chi connectivity index (χ1n) is 6.23. The number of amides is 1. The maximum atomic E-state index is 12.5. The summed E-state index contributed by atoms with van der Waals surface area (Å²) in [5.74, 6) is -0.528. The number of carbonyl (C=O) groups is 1. The minimum absolute atomic E-state index is 0.0839. The summed E-state index contributed by atoms with van der Waals surface area (Å²) in [6.45, 7) is -3.01. The van der Waals surface area contributed by atoms with E-state index in [1.807, 2.05) is 18.2 Å². The first-order chi connectivity index (χ1) is 10.5. The van der Waals surface area contributed by atoms with Crippen molar-refractivity contribution in [3.8, 4) is 5.75 Å². The minimum atomic E-state index is -3.01. The van der Waals surface area contributed by atoms with E-state index in [4.69, 9.17) is 11.6 Å². The summed E-state index contributed by atoms with van der Waals surface area (Å²) < 4.78 is 29.6. The van der Waals surface area contributed by atoms with E-state index in [0.717, 1.165) is 5.56 Å². The molecule has 22 heavy (non-hydrogen) atoms. The summed E-state index contributed by atoms with van der Waals surface area (Å²) in [5, 5.41) is 2.82. The number of anilines is 1. The zero-order valence-electron chi connectivity index (χ0n) is 11.2. The number of benzene rings is 2. The number of alkyl halides is 2. The number of ether oxygens (including phenoxy) is 1. The summed E-state index contributed by atoms with van der Waals surface area (Å²) in [5.41, 5.74) is 0.887. The lowest BCUT2D eigenvalue weighted by Crippen LogP contribution is -2.16. The van der Waals surface area contributed by atoms with E-state index >= 15 is 0 Å². The van der Waals surface area contributed by atoms with Crippen molar-refractivity contribution >= 4 is 39.1 Å². The van der Waals surface area contributed by atoms with Crippen LogP contribution in [-0.2, 0) is 11.2 Å². The van der Waals surface area contributed by atoms with E-state index in [1.165, 1.54) is 12.1 Å². The van der Waals surface area contributed by atoms with Crippen molar-refractivity contribution in [1.29, 1.82) is 0 Å².